The van der Waals surface area contributed by atoms with Crippen LogP contribution in [0.5, 0.6) is 0 Å². The van der Waals surface area contributed by atoms with Crippen molar-refractivity contribution in [2.24, 2.45) is 0 Å². The Morgan fingerprint density at radius 2 is 1.87 bits per heavy atom. The van der Waals surface area contributed by atoms with Gasteiger partial charge >= 0.3 is 0 Å². The van der Waals surface area contributed by atoms with Crippen LogP contribution in [0.3, 0.4) is 0 Å². The lowest BCUT2D eigenvalue weighted by molar-refractivity contribution is -0.384. The van der Waals surface area contributed by atoms with Crippen LogP contribution in [0.1, 0.15) is 6.92 Å². The summed E-state index contributed by atoms with van der Waals surface area (Å²) in [6.45, 7) is 2.02. The second-order valence-electron chi connectivity index (χ2n) is 3.59. The van der Waals surface area contributed by atoms with Crippen LogP contribution in [-0.4, -0.2) is 30.1 Å². The molecule has 5 nitrogen and oxygen atoms in total. The molecular weight excluding hydrogens is 194 g/mol. The van der Waals surface area contributed by atoms with Gasteiger partial charge in [0, 0.05) is 17.8 Å². The highest BCUT2D eigenvalue weighted by Crippen LogP contribution is 2.16. The van der Waals surface area contributed by atoms with E-state index < -0.39 is 4.92 Å². The second-order valence-corrected chi connectivity index (χ2v) is 3.59. The fourth-order valence-corrected chi connectivity index (χ4v) is 1.05. The van der Waals surface area contributed by atoms with Gasteiger partial charge in [-0.1, -0.05) is 0 Å². The van der Waals surface area contributed by atoms with Crippen molar-refractivity contribution >= 4 is 11.4 Å². The minimum absolute atomic E-state index is 0.109. The molecule has 1 aromatic carbocycles. The van der Waals surface area contributed by atoms with Crippen molar-refractivity contribution in [2.75, 3.05) is 19.4 Å². The summed E-state index contributed by atoms with van der Waals surface area (Å²) in [6, 6.07) is 6.39. The number of non-ortho nitro benzene ring substituents is 1. The van der Waals surface area contributed by atoms with E-state index in [1.165, 1.54) is 12.1 Å². The summed E-state index contributed by atoms with van der Waals surface area (Å²) in [5, 5.41) is 13.6. The molecule has 15 heavy (non-hydrogen) atoms. The molecule has 0 saturated heterocycles. The number of nitrogens with zero attached hydrogens (tertiary/aromatic N) is 2. The van der Waals surface area contributed by atoms with E-state index in [0.29, 0.717) is 0 Å². The standard InChI is InChI=1S/C10H15N3O2/c1-8(12(2)3)11-9-4-6-10(7-5-9)13(14)15/h4-8,11H,1-3H3. The summed E-state index contributed by atoms with van der Waals surface area (Å²) in [5.74, 6) is 0. The van der Waals surface area contributed by atoms with E-state index >= 15 is 0 Å². The number of benzene rings is 1. The third kappa shape index (κ3) is 3.21. The Balaban J connectivity index is 2.68. The van der Waals surface area contributed by atoms with Gasteiger partial charge in [-0.15, -0.1) is 0 Å². The molecule has 0 saturated carbocycles. The van der Waals surface area contributed by atoms with E-state index in [4.69, 9.17) is 0 Å². The molecule has 0 aliphatic rings. The number of anilines is 1. The van der Waals surface area contributed by atoms with Crippen LogP contribution >= 0.6 is 0 Å². The predicted molar refractivity (Wildman–Crippen MR) is 59.9 cm³/mol. The Bertz CT molecular complexity index is 335. The third-order valence-corrected chi connectivity index (χ3v) is 2.23. The molecule has 0 heterocycles. The minimum atomic E-state index is -0.404. The average Bonchev–Trinajstić information content (AvgIpc) is 2.18. The van der Waals surface area contributed by atoms with Crippen molar-refractivity contribution in [2.45, 2.75) is 13.1 Å². The minimum Gasteiger partial charge on any atom is -0.370 e. The smallest absolute Gasteiger partial charge is 0.269 e. The number of nitro benzene ring substituents is 1. The number of nitrogens with one attached hydrogen (secondary N) is 1. The second kappa shape index (κ2) is 4.75. The van der Waals surface area contributed by atoms with Gasteiger partial charge in [-0.2, -0.15) is 0 Å². The maximum Gasteiger partial charge on any atom is 0.269 e. The largest absolute Gasteiger partial charge is 0.370 e. The quantitative estimate of drug-likeness (QED) is 0.467. The summed E-state index contributed by atoms with van der Waals surface area (Å²) < 4.78 is 0. The molecule has 0 radical (unpaired) electrons. The zero-order chi connectivity index (χ0) is 11.4. The highest BCUT2D eigenvalue weighted by Gasteiger charge is 2.06. The molecule has 1 aromatic rings. The lowest BCUT2D eigenvalue weighted by Crippen LogP contribution is -2.31. The van der Waals surface area contributed by atoms with Gasteiger partial charge in [0.2, 0.25) is 0 Å². The zero-order valence-electron chi connectivity index (χ0n) is 9.10. The summed E-state index contributed by atoms with van der Waals surface area (Å²) in [6.07, 6.45) is 0.187. The molecule has 0 amide bonds. The molecule has 0 spiro atoms. The Hall–Kier alpha value is -1.62. The highest BCUT2D eigenvalue weighted by molar-refractivity contribution is 5.48. The molecule has 1 atom stereocenters. The van der Waals surface area contributed by atoms with Crippen LogP contribution < -0.4 is 5.32 Å². The highest BCUT2D eigenvalue weighted by atomic mass is 16.6. The predicted octanol–water partition coefficient (Wildman–Crippen LogP) is 1.91. The first-order chi connectivity index (χ1) is 7.00. The van der Waals surface area contributed by atoms with Crippen LogP contribution in [0.2, 0.25) is 0 Å². The average molecular weight is 209 g/mol. The Kier molecular flexibility index (Phi) is 3.62. The van der Waals surface area contributed by atoms with Crippen LogP contribution in [0.15, 0.2) is 24.3 Å². The summed E-state index contributed by atoms with van der Waals surface area (Å²) in [7, 11) is 3.92. The molecular formula is C10H15N3O2. The van der Waals surface area contributed by atoms with E-state index in [1.807, 2.05) is 25.9 Å². The van der Waals surface area contributed by atoms with Crippen molar-refractivity contribution in [1.82, 2.24) is 4.90 Å². The number of hydrogen-bond donors (Lipinski definition) is 1. The van der Waals surface area contributed by atoms with E-state index in [2.05, 4.69) is 5.32 Å². The molecule has 82 valence electrons. The van der Waals surface area contributed by atoms with Gasteiger partial charge in [0.15, 0.2) is 0 Å². The molecule has 1 N–H and O–H groups in total. The van der Waals surface area contributed by atoms with Crippen molar-refractivity contribution in [1.29, 1.82) is 0 Å². The van der Waals surface area contributed by atoms with Crippen LogP contribution in [0.25, 0.3) is 0 Å². The van der Waals surface area contributed by atoms with Gasteiger partial charge in [-0.05, 0) is 33.2 Å². The first-order valence-electron chi connectivity index (χ1n) is 4.68. The van der Waals surface area contributed by atoms with Gasteiger partial charge in [0.1, 0.15) is 0 Å². The monoisotopic (exact) mass is 209 g/mol. The first-order valence-corrected chi connectivity index (χ1v) is 4.68. The maximum atomic E-state index is 10.4. The van der Waals surface area contributed by atoms with E-state index in [9.17, 15) is 10.1 Å². The number of rotatable bonds is 4. The number of hydrogen-bond acceptors (Lipinski definition) is 4. The van der Waals surface area contributed by atoms with E-state index in [0.717, 1.165) is 5.69 Å². The van der Waals surface area contributed by atoms with Gasteiger partial charge in [-0.25, -0.2) is 0 Å². The lowest BCUT2D eigenvalue weighted by atomic mass is 10.3. The van der Waals surface area contributed by atoms with E-state index in [-0.39, 0.29) is 11.9 Å². The molecule has 0 aromatic heterocycles. The Morgan fingerprint density at radius 3 is 2.27 bits per heavy atom. The third-order valence-electron chi connectivity index (χ3n) is 2.23. The van der Waals surface area contributed by atoms with Crippen molar-refractivity contribution in [3.63, 3.8) is 0 Å². The van der Waals surface area contributed by atoms with Crippen LogP contribution in [-0.2, 0) is 0 Å². The summed E-state index contributed by atoms with van der Waals surface area (Å²) in [5.41, 5.74) is 0.986. The van der Waals surface area contributed by atoms with Gasteiger partial charge < -0.3 is 5.32 Å². The molecule has 5 heteroatoms. The van der Waals surface area contributed by atoms with E-state index in [1.54, 1.807) is 12.1 Å². The van der Waals surface area contributed by atoms with Crippen LogP contribution in [0, 0.1) is 10.1 Å². The Morgan fingerprint density at radius 1 is 1.33 bits per heavy atom. The first kappa shape index (κ1) is 11.5. The van der Waals surface area contributed by atoms with Crippen LogP contribution in [0.4, 0.5) is 11.4 Å². The lowest BCUT2D eigenvalue weighted by Gasteiger charge is -2.21. The normalized spacial score (nSPS) is 12.5. The molecule has 1 rings (SSSR count). The summed E-state index contributed by atoms with van der Waals surface area (Å²) in [4.78, 5) is 12.0. The van der Waals surface area contributed by atoms with Gasteiger partial charge in [0.05, 0.1) is 11.1 Å². The van der Waals surface area contributed by atoms with Gasteiger partial charge in [-0.3, -0.25) is 15.0 Å². The fraction of sp³-hybridized carbons (Fsp3) is 0.400. The topological polar surface area (TPSA) is 58.4 Å². The molecule has 1 unspecified atom stereocenters. The van der Waals surface area contributed by atoms with Crippen molar-refractivity contribution in [3.05, 3.63) is 34.4 Å². The molecule has 0 bridgehead atoms. The maximum absolute atomic E-state index is 10.4. The molecule has 0 aliphatic heterocycles. The van der Waals surface area contributed by atoms with Crippen molar-refractivity contribution < 1.29 is 4.92 Å². The van der Waals surface area contributed by atoms with Crippen molar-refractivity contribution in [3.8, 4) is 0 Å². The zero-order valence-corrected chi connectivity index (χ0v) is 9.10. The summed E-state index contributed by atoms with van der Waals surface area (Å²) >= 11 is 0. The van der Waals surface area contributed by atoms with Gasteiger partial charge in [0.25, 0.3) is 5.69 Å². The Labute approximate surface area is 88.9 Å². The fourth-order valence-electron chi connectivity index (χ4n) is 1.05. The molecule has 0 fully saturated rings. The molecule has 0 aliphatic carbocycles. The SMILES string of the molecule is CC(Nc1ccc([N+](=O)[O-])cc1)N(C)C. The number of nitro groups is 1.